The Morgan fingerprint density at radius 1 is 1.17 bits per heavy atom. The zero-order chi connectivity index (χ0) is 9.14. The van der Waals surface area contributed by atoms with Gasteiger partial charge in [0, 0.05) is 0 Å². The second-order valence-corrected chi connectivity index (χ2v) is 3.89. The van der Waals surface area contributed by atoms with Crippen LogP contribution < -0.4 is 0 Å². The Kier molecular flexibility index (Phi) is 3.06. The molecule has 0 saturated carbocycles. The van der Waals surface area contributed by atoms with Crippen LogP contribution in [0.4, 0.5) is 0 Å². The van der Waals surface area contributed by atoms with Gasteiger partial charge in [-0.25, -0.2) is 0 Å². The molecule has 0 saturated heterocycles. The first kappa shape index (κ1) is 9.48. The lowest BCUT2D eigenvalue weighted by atomic mass is 10.0. The molecule has 0 aliphatic carbocycles. The third-order valence-electron chi connectivity index (χ3n) is 2.13. The Hall–Kier alpha value is -0.603. The quantitative estimate of drug-likeness (QED) is 0.625. The average molecular weight is 180 g/mol. The molecule has 0 aromatic heterocycles. The van der Waals surface area contributed by atoms with E-state index in [0.29, 0.717) is 0 Å². The summed E-state index contributed by atoms with van der Waals surface area (Å²) in [6, 6.07) is 4.42. The first-order valence-corrected chi connectivity index (χ1v) is 5.02. The van der Waals surface area contributed by atoms with Crippen molar-refractivity contribution in [1.29, 1.82) is 0 Å². The Balaban J connectivity index is 3.10. The van der Waals surface area contributed by atoms with Gasteiger partial charge in [0.1, 0.15) is 10.5 Å². The Morgan fingerprint density at radius 3 is 2.08 bits per heavy atom. The minimum Gasteiger partial charge on any atom is -0.424 e. The molecule has 66 valence electrons. The molecule has 1 nitrogen and oxygen atoms in total. The van der Waals surface area contributed by atoms with Gasteiger partial charge in [-0.2, -0.15) is 0 Å². The predicted octanol–water partition coefficient (Wildman–Crippen LogP) is 1.41. The zero-order valence-electron chi connectivity index (χ0n) is 8.27. The minimum absolute atomic E-state index is 0.782. The fourth-order valence-corrected chi connectivity index (χ4v) is 1.87. The van der Waals surface area contributed by atoms with Gasteiger partial charge < -0.3 is 4.43 Å². The van der Waals surface area contributed by atoms with E-state index in [1.807, 2.05) is 0 Å². The van der Waals surface area contributed by atoms with Crippen molar-refractivity contribution in [3.63, 3.8) is 0 Å². The fourth-order valence-electron chi connectivity index (χ4n) is 1.58. The smallest absolute Gasteiger partial charge is 0.146 e. The second kappa shape index (κ2) is 3.87. The topological polar surface area (TPSA) is 9.23 Å². The van der Waals surface area contributed by atoms with Crippen molar-refractivity contribution < 1.29 is 4.43 Å². The van der Waals surface area contributed by atoms with E-state index in [2.05, 4.69) is 32.9 Å². The highest BCUT2D eigenvalue weighted by molar-refractivity contribution is 5.97. The van der Waals surface area contributed by atoms with Gasteiger partial charge in [-0.15, -0.1) is 0 Å². The van der Waals surface area contributed by atoms with Crippen molar-refractivity contribution in [2.45, 2.75) is 27.4 Å². The van der Waals surface area contributed by atoms with E-state index in [1.54, 1.807) is 0 Å². The van der Waals surface area contributed by atoms with E-state index in [1.165, 1.54) is 22.3 Å². The van der Waals surface area contributed by atoms with E-state index in [4.69, 9.17) is 4.43 Å². The van der Waals surface area contributed by atoms with Crippen molar-refractivity contribution in [2.75, 3.05) is 0 Å². The van der Waals surface area contributed by atoms with Gasteiger partial charge in [-0.1, -0.05) is 17.7 Å². The van der Waals surface area contributed by atoms with Crippen molar-refractivity contribution >= 4 is 10.5 Å². The molecule has 0 amide bonds. The third-order valence-corrected chi connectivity index (χ3v) is 2.42. The summed E-state index contributed by atoms with van der Waals surface area (Å²) in [5, 5.41) is 0. The average Bonchev–Trinajstić information content (AvgIpc) is 1.96. The second-order valence-electron chi connectivity index (χ2n) is 3.31. The molecule has 2 heteroatoms. The Morgan fingerprint density at radius 2 is 1.67 bits per heavy atom. The molecule has 0 heterocycles. The molecule has 1 aromatic carbocycles. The van der Waals surface area contributed by atoms with Crippen LogP contribution in [-0.4, -0.2) is 10.5 Å². The molecule has 0 aliphatic heterocycles. The molecule has 0 bridgehead atoms. The summed E-state index contributed by atoms with van der Waals surface area (Å²) in [5.74, 6) is 0. The van der Waals surface area contributed by atoms with Gasteiger partial charge in [0.25, 0.3) is 0 Å². The number of hydrogen-bond acceptors (Lipinski definition) is 1. The lowest BCUT2D eigenvalue weighted by Gasteiger charge is -2.09. The van der Waals surface area contributed by atoms with Gasteiger partial charge in [-0.05, 0) is 37.5 Å². The van der Waals surface area contributed by atoms with Gasteiger partial charge in [0.05, 0.1) is 6.61 Å². The van der Waals surface area contributed by atoms with Gasteiger partial charge >= 0.3 is 0 Å². The SMILES string of the molecule is Cc1cc(C)c(CO[SiH3])c(C)c1. The van der Waals surface area contributed by atoms with E-state index >= 15 is 0 Å². The molecular formula is C10H16OSi. The highest BCUT2D eigenvalue weighted by atomic mass is 28.2. The molecule has 0 unspecified atom stereocenters. The van der Waals surface area contributed by atoms with E-state index in [9.17, 15) is 0 Å². The van der Waals surface area contributed by atoms with Crippen LogP contribution in [0.2, 0.25) is 0 Å². The summed E-state index contributed by atoms with van der Waals surface area (Å²) in [7, 11) is 0.818. The van der Waals surface area contributed by atoms with Crippen molar-refractivity contribution in [2.24, 2.45) is 0 Å². The van der Waals surface area contributed by atoms with E-state index in [0.717, 1.165) is 17.1 Å². The Labute approximate surface area is 77.3 Å². The summed E-state index contributed by atoms with van der Waals surface area (Å²) in [4.78, 5) is 0. The predicted molar refractivity (Wildman–Crippen MR) is 55.4 cm³/mol. The summed E-state index contributed by atoms with van der Waals surface area (Å²) in [6.07, 6.45) is 0. The molecule has 12 heavy (non-hydrogen) atoms. The number of rotatable bonds is 2. The maximum Gasteiger partial charge on any atom is 0.146 e. The molecule has 1 rings (SSSR count). The number of hydrogen-bond donors (Lipinski definition) is 0. The van der Waals surface area contributed by atoms with Crippen LogP contribution in [0.5, 0.6) is 0 Å². The molecule has 1 aromatic rings. The first-order valence-electron chi connectivity index (χ1n) is 4.21. The minimum atomic E-state index is 0.782. The summed E-state index contributed by atoms with van der Waals surface area (Å²) < 4.78 is 5.27. The monoisotopic (exact) mass is 180 g/mol. The van der Waals surface area contributed by atoms with Crippen LogP contribution >= 0.6 is 0 Å². The van der Waals surface area contributed by atoms with Crippen LogP contribution in [0.25, 0.3) is 0 Å². The maximum atomic E-state index is 5.27. The molecule has 0 fully saturated rings. The lowest BCUT2D eigenvalue weighted by molar-refractivity contribution is 0.336. The normalized spacial score (nSPS) is 10.6. The van der Waals surface area contributed by atoms with Crippen LogP contribution in [0.1, 0.15) is 22.3 Å². The molecule has 0 aliphatic rings. The standard InChI is InChI=1S/C10H16OSi/c1-7-4-8(2)10(6-11-12)9(3)5-7/h4-5H,6H2,1-3,12H3. The summed E-state index contributed by atoms with van der Waals surface area (Å²) in [6.45, 7) is 7.21. The molecule has 0 radical (unpaired) electrons. The molecule has 0 spiro atoms. The van der Waals surface area contributed by atoms with Gasteiger partial charge in [-0.3, -0.25) is 0 Å². The van der Waals surface area contributed by atoms with Crippen LogP contribution in [0, 0.1) is 20.8 Å². The zero-order valence-corrected chi connectivity index (χ0v) is 10.3. The van der Waals surface area contributed by atoms with Crippen molar-refractivity contribution in [3.8, 4) is 0 Å². The van der Waals surface area contributed by atoms with Crippen molar-refractivity contribution in [1.82, 2.24) is 0 Å². The number of aryl methyl sites for hydroxylation is 3. The molecule has 0 N–H and O–H groups in total. The lowest BCUT2D eigenvalue weighted by Crippen LogP contribution is -1.96. The van der Waals surface area contributed by atoms with Crippen LogP contribution in [0.3, 0.4) is 0 Å². The number of benzene rings is 1. The van der Waals surface area contributed by atoms with Gasteiger partial charge in [0.15, 0.2) is 0 Å². The first-order chi connectivity index (χ1) is 5.65. The van der Waals surface area contributed by atoms with E-state index in [-0.39, 0.29) is 0 Å². The highest BCUT2D eigenvalue weighted by Gasteiger charge is 2.01. The maximum absolute atomic E-state index is 5.27. The largest absolute Gasteiger partial charge is 0.424 e. The van der Waals surface area contributed by atoms with Crippen molar-refractivity contribution in [3.05, 3.63) is 34.4 Å². The highest BCUT2D eigenvalue weighted by Crippen LogP contribution is 2.16. The van der Waals surface area contributed by atoms with Crippen LogP contribution in [0.15, 0.2) is 12.1 Å². The molecular weight excluding hydrogens is 164 g/mol. The third kappa shape index (κ3) is 1.96. The fraction of sp³-hybridized carbons (Fsp3) is 0.400. The summed E-state index contributed by atoms with van der Waals surface area (Å²) >= 11 is 0. The van der Waals surface area contributed by atoms with E-state index < -0.39 is 0 Å². The Bertz CT molecular complexity index is 258. The van der Waals surface area contributed by atoms with Gasteiger partial charge in [0.2, 0.25) is 0 Å². The van der Waals surface area contributed by atoms with Crippen LogP contribution in [-0.2, 0) is 11.0 Å². The molecule has 0 atom stereocenters. The summed E-state index contributed by atoms with van der Waals surface area (Å²) in [5.41, 5.74) is 5.39.